The number of ketones is 1. The number of esters is 1. The number of sulfone groups is 1. The maximum atomic E-state index is 11.9. The van der Waals surface area contributed by atoms with Crippen LogP contribution in [0.1, 0.15) is 18.9 Å². The zero-order valence-electron chi connectivity index (χ0n) is 10.9. The fraction of sp³-hybridized carbons (Fsp3) is 0.385. The van der Waals surface area contributed by atoms with Crippen molar-refractivity contribution >= 4 is 21.6 Å². The van der Waals surface area contributed by atoms with E-state index in [1.54, 1.807) is 12.1 Å². The van der Waals surface area contributed by atoms with Gasteiger partial charge in [-0.05, 0) is 26.0 Å². The van der Waals surface area contributed by atoms with Crippen molar-refractivity contribution in [1.82, 2.24) is 0 Å². The first-order chi connectivity index (χ1) is 8.81. The molecule has 0 N–H and O–H groups in total. The molecule has 0 saturated heterocycles. The quantitative estimate of drug-likeness (QED) is 0.581. The lowest BCUT2D eigenvalue weighted by molar-refractivity contribution is -0.145. The molecular formula is C13H16O5S. The van der Waals surface area contributed by atoms with E-state index in [9.17, 15) is 18.0 Å². The van der Waals surface area contributed by atoms with Gasteiger partial charge in [0.05, 0.1) is 10.6 Å². The van der Waals surface area contributed by atoms with Gasteiger partial charge in [-0.25, -0.2) is 8.42 Å². The minimum absolute atomic E-state index is 0.195. The van der Waals surface area contributed by atoms with Crippen LogP contribution in [0.3, 0.4) is 0 Å². The molecule has 104 valence electrons. The highest BCUT2D eigenvalue weighted by Crippen LogP contribution is 2.12. The van der Waals surface area contributed by atoms with E-state index in [2.05, 4.69) is 0 Å². The van der Waals surface area contributed by atoms with E-state index in [1.807, 2.05) is 6.92 Å². The number of rotatable bonds is 6. The minimum atomic E-state index is -3.46. The summed E-state index contributed by atoms with van der Waals surface area (Å²) in [7, 11) is -3.46. The summed E-state index contributed by atoms with van der Waals surface area (Å²) in [6.07, 6.45) is -0.329. The third kappa shape index (κ3) is 5.21. The van der Waals surface area contributed by atoms with Gasteiger partial charge in [0.15, 0.2) is 9.84 Å². The number of benzene rings is 1. The first-order valence-corrected chi connectivity index (χ1v) is 7.41. The first-order valence-electron chi connectivity index (χ1n) is 5.76. The van der Waals surface area contributed by atoms with Crippen molar-refractivity contribution in [2.45, 2.75) is 25.2 Å². The van der Waals surface area contributed by atoms with Crippen LogP contribution < -0.4 is 0 Å². The molecule has 0 aromatic heterocycles. The molecule has 0 fully saturated rings. The van der Waals surface area contributed by atoms with Crippen LogP contribution in [0.25, 0.3) is 0 Å². The summed E-state index contributed by atoms with van der Waals surface area (Å²) in [5.41, 5.74) is 0.965. The maximum absolute atomic E-state index is 11.9. The highest BCUT2D eigenvalue weighted by Gasteiger charge is 2.15. The zero-order valence-corrected chi connectivity index (χ0v) is 11.7. The zero-order chi connectivity index (χ0) is 14.5. The third-order valence-electron chi connectivity index (χ3n) is 2.39. The highest BCUT2D eigenvalue weighted by molar-refractivity contribution is 7.91. The van der Waals surface area contributed by atoms with Crippen molar-refractivity contribution in [3.05, 3.63) is 29.8 Å². The molecule has 0 radical (unpaired) electrons. The topological polar surface area (TPSA) is 77.5 Å². The number of carbonyl (C=O) groups excluding carboxylic acids is 2. The molecule has 1 aromatic rings. The second-order valence-electron chi connectivity index (χ2n) is 4.23. The molecule has 0 aliphatic rings. The van der Waals surface area contributed by atoms with Crippen LogP contribution in [0.4, 0.5) is 0 Å². The van der Waals surface area contributed by atoms with E-state index in [1.165, 1.54) is 19.1 Å². The Kier molecular flexibility index (Phi) is 5.23. The molecule has 0 aliphatic heterocycles. The van der Waals surface area contributed by atoms with Gasteiger partial charge in [-0.15, -0.1) is 0 Å². The predicted octanol–water partition coefficient (Wildman–Crippen LogP) is 1.29. The summed E-state index contributed by atoms with van der Waals surface area (Å²) in [4.78, 5) is 21.9. The molecule has 5 nitrogen and oxygen atoms in total. The number of Topliss-reactive ketones (excluding diaryl/α,β-unsaturated/α-hetero) is 1. The molecule has 0 heterocycles. The van der Waals surface area contributed by atoms with Crippen molar-refractivity contribution in [2.24, 2.45) is 0 Å². The van der Waals surface area contributed by atoms with Gasteiger partial charge in [-0.3, -0.25) is 9.59 Å². The van der Waals surface area contributed by atoms with Crippen molar-refractivity contribution in [3.8, 4) is 0 Å². The molecule has 0 amide bonds. The van der Waals surface area contributed by atoms with E-state index in [4.69, 9.17) is 4.74 Å². The van der Waals surface area contributed by atoms with Crippen LogP contribution in [-0.4, -0.2) is 32.5 Å². The Hall–Kier alpha value is -1.69. The van der Waals surface area contributed by atoms with Crippen molar-refractivity contribution in [3.63, 3.8) is 0 Å². The number of hydrogen-bond donors (Lipinski definition) is 0. The summed E-state index contributed by atoms with van der Waals surface area (Å²) in [6, 6.07) is 6.44. The van der Waals surface area contributed by atoms with Crippen LogP contribution >= 0.6 is 0 Å². The van der Waals surface area contributed by atoms with Gasteiger partial charge < -0.3 is 4.74 Å². The average molecular weight is 284 g/mol. The Bertz CT molecular complexity index is 557. The largest absolute Gasteiger partial charge is 0.464 e. The lowest BCUT2D eigenvalue weighted by Gasteiger charge is -2.06. The van der Waals surface area contributed by atoms with E-state index in [0.717, 1.165) is 5.56 Å². The average Bonchev–Trinajstić information content (AvgIpc) is 2.28. The molecule has 0 aliphatic carbocycles. The van der Waals surface area contributed by atoms with Crippen LogP contribution in [0.5, 0.6) is 0 Å². The summed E-state index contributed by atoms with van der Waals surface area (Å²) in [6.45, 7) is 2.88. The summed E-state index contributed by atoms with van der Waals surface area (Å²) >= 11 is 0. The lowest BCUT2D eigenvalue weighted by Crippen LogP contribution is -2.17. The van der Waals surface area contributed by atoms with E-state index in [-0.39, 0.29) is 29.5 Å². The fourth-order valence-electron chi connectivity index (χ4n) is 1.38. The smallest absolute Gasteiger partial charge is 0.313 e. The highest BCUT2D eigenvalue weighted by atomic mass is 32.2. The second kappa shape index (κ2) is 6.47. The normalized spacial score (nSPS) is 11.1. The summed E-state index contributed by atoms with van der Waals surface area (Å²) in [5, 5.41) is 0. The van der Waals surface area contributed by atoms with Gasteiger partial charge in [0.25, 0.3) is 0 Å². The number of hydrogen-bond acceptors (Lipinski definition) is 5. The van der Waals surface area contributed by atoms with Crippen molar-refractivity contribution < 1.29 is 22.7 Å². The second-order valence-corrected chi connectivity index (χ2v) is 6.34. The van der Waals surface area contributed by atoms with Crippen LogP contribution in [0, 0.1) is 6.92 Å². The Labute approximate surface area is 112 Å². The summed E-state index contributed by atoms with van der Waals surface area (Å²) in [5.74, 6) is -1.31. The lowest BCUT2D eigenvalue weighted by atomic mass is 10.2. The van der Waals surface area contributed by atoms with Crippen LogP contribution in [0.2, 0.25) is 0 Å². The number of aryl methyl sites for hydroxylation is 1. The van der Waals surface area contributed by atoms with Gasteiger partial charge >= 0.3 is 5.97 Å². The molecule has 0 spiro atoms. The molecule has 0 atom stereocenters. The Morgan fingerprint density at radius 1 is 1.16 bits per heavy atom. The van der Waals surface area contributed by atoms with E-state index in [0.29, 0.717) is 0 Å². The molecule has 6 heteroatoms. The standard InChI is InChI=1S/C13H16O5S/c1-10-3-5-12(6-4-10)19(16,17)8-7-18-13(15)9-11(2)14/h3-6H,7-9H2,1-2H3. The Morgan fingerprint density at radius 3 is 2.26 bits per heavy atom. The van der Waals surface area contributed by atoms with Gasteiger partial charge in [0.2, 0.25) is 0 Å². The van der Waals surface area contributed by atoms with E-state index < -0.39 is 15.8 Å². The molecular weight excluding hydrogens is 268 g/mol. The third-order valence-corrected chi connectivity index (χ3v) is 4.08. The molecule has 1 aromatic carbocycles. The van der Waals surface area contributed by atoms with Gasteiger partial charge in [-0.2, -0.15) is 0 Å². The SMILES string of the molecule is CC(=O)CC(=O)OCCS(=O)(=O)c1ccc(C)cc1. The van der Waals surface area contributed by atoms with Crippen LogP contribution in [0.15, 0.2) is 29.2 Å². The Morgan fingerprint density at radius 2 is 1.74 bits per heavy atom. The van der Waals surface area contributed by atoms with Crippen molar-refractivity contribution in [2.75, 3.05) is 12.4 Å². The van der Waals surface area contributed by atoms with Crippen molar-refractivity contribution in [1.29, 1.82) is 0 Å². The van der Waals surface area contributed by atoms with Gasteiger partial charge in [-0.1, -0.05) is 17.7 Å². The van der Waals surface area contributed by atoms with Crippen LogP contribution in [-0.2, 0) is 24.2 Å². The molecule has 0 saturated carbocycles. The first kappa shape index (κ1) is 15.4. The molecule has 0 bridgehead atoms. The minimum Gasteiger partial charge on any atom is -0.464 e. The van der Waals surface area contributed by atoms with E-state index >= 15 is 0 Å². The number of ether oxygens (including phenoxy) is 1. The van der Waals surface area contributed by atoms with Gasteiger partial charge in [0, 0.05) is 0 Å². The predicted molar refractivity (Wildman–Crippen MR) is 69.5 cm³/mol. The molecule has 0 unspecified atom stereocenters. The molecule has 1 rings (SSSR count). The maximum Gasteiger partial charge on any atom is 0.313 e. The summed E-state index contributed by atoms with van der Waals surface area (Å²) < 4.78 is 28.5. The number of carbonyl (C=O) groups is 2. The Balaban J connectivity index is 2.54. The fourth-order valence-corrected chi connectivity index (χ4v) is 2.47. The van der Waals surface area contributed by atoms with Gasteiger partial charge in [0.1, 0.15) is 18.8 Å². The molecule has 19 heavy (non-hydrogen) atoms. The monoisotopic (exact) mass is 284 g/mol.